The molecular weight excluding hydrogens is 124 g/mol. The Labute approximate surface area is 63.8 Å². The summed E-state index contributed by atoms with van der Waals surface area (Å²) in [6, 6.07) is 0. The van der Waals surface area contributed by atoms with E-state index in [2.05, 4.69) is 6.92 Å². The van der Waals surface area contributed by atoms with Gasteiger partial charge in [-0.25, -0.2) is 0 Å². The highest BCUT2D eigenvalue weighted by Crippen LogP contribution is 2.20. The van der Waals surface area contributed by atoms with Gasteiger partial charge in [0.05, 0.1) is 6.10 Å². The van der Waals surface area contributed by atoms with Crippen molar-refractivity contribution in [2.24, 2.45) is 0 Å². The summed E-state index contributed by atoms with van der Waals surface area (Å²) in [5.41, 5.74) is 0. The Bertz CT molecular complexity index is 74.8. The van der Waals surface area contributed by atoms with Crippen molar-refractivity contribution in [3.05, 3.63) is 6.92 Å². The Kier molecular flexibility index (Phi) is 3.81. The average molecular weight is 141 g/mol. The fourth-order valence-corrected chi connectivity index (χ4v) is 1.41. The molecule has 1 aliphatic carbocycles. The first-order valence-electron chi connectivity index (χ1n) is 4.34. The van der Waals surface area contributed by atoms with Crippen LogP contribution in [-0.4, -0.2) is 12.7 Å². The molecule has 10 heavy (non-hydrogen) atoms. The van der Waals surface area contributed by atoms with Gasteiger partial charge >= 0.3 is 0 Å². The van der Waals surface area contributed by atoms with E-state index in [1.165, 1.54) is 25.7 Å². The second-order valence-electron chi connectivity index (χ2n) is 2.98. The highest BCUT2D eigenvalue weighted by atomic mass is 16.5. The molecule has 0 spiro atoms. The molecule has 0 bridgehead atoms. The number of unbranched alkanes of at least 4 members (excludes halogenated alkanes) is 1. The van der Waals surface area contributed by atoms with Crippen LogP contribution in [-0.2, 0) is 4.74 Å². The summed E-state index contributed by atoms with van der Waals surface area (Å²) >= 11 is 0. The normalized spacial score (nSPS) is 20.1. The summed E-state index contributed by atoms with van der Waals surface area (Å²) in [5.74, 6) is 0. The van der Waals surface area contributed by atoms with E-state index >= 15 is 0 Å². The van der Waals surface area contributed by atoms with E-state index < -0.39 is 0 Å². The van der Waals surface area contributed by atoms with Crippen LogP contribution in [0.3, 0.4) is 0 Å². The summed E-state index contributed by atoms with van der Waals surface area (Å²) in [6.45, 7) is 4.69. The molecular formula is C9H17O. The zero-order valence-electron chi connectivity index (χ0n) is 6.64. The lowest BCUT2D eigenvalue weighted by Crippen LogP contribution is -2.07. The van der Waals surface area contributed by atoms with E-state index in [-0.39, 0.29) is 0 Å². The molecule has 0 unspecified atom stereocenters. The Hall–Kier alpha value is -0.0400. The minimum atomic E-state index is 0.589. The molecule has 0 aliphatic heterocycles. The van der Waals surface area contributed by atoms with Crippen molar-refractivity contribution in [3.8, 4) is 0 Å². The van der Waals surface area contributed by atoms with Gasteiger partial charge in [0.1, 0.15) is 0 Å². The van der Waals surface area contributed by atoms with Gasteiger partial charge < -0.3 is 4.74 Å². The topological polar surface area (TPSA) is 9.23 Å². The third kappa shape index (κ3) is 2.70. The Morgan fingerprint density at radius 3 is 2.60 bits per heavy atom. The van der Waals surface area contributed by atoms with Crippen molar-refractivity contribution in [1.29, 1.82) is 0 Å². The number of rotatable bonds is 4. The van der Waals surface area contributed by atoms with Gasteiger partial charge in [0.25, 0.3) is 0 Å². The molecule has 0 saturated heterocycles. The molecule has 1 rings (SSSR count). The largest absolute Gasteiger partial charge is 0.378 e. The third-order valence-corrected chi connectivity index (χ3v) is 2.05. The molecule has 1 saturated carbocycles. The van der Waals surface area contributed by atoms with Crippen molar-refractivity contribution in [3.63, 3.8) is 0 Å². The monoisotopic (exact) mass is 141 g/mol. The van der Waals surface area contributed by atoms with Crippen LogP contribution >= 0.6 is 0 Å². The van der Waals surface area contributed by atoms with Crippen molar-refractivity contribution in [1.82, 2.24) is 0 Å². The lowest BCUT2D eigenvalue weighted by atomic mass is 10.3. The first-order chi connectivity index (χ1) is 4.93. The molecule has 0 atom stereocenters. The number of hydrogen-bond donors (Lipinski definition) is 0. The Morgan fingerprint density at radius 1 is 1.30 bits per heavy atom. The van der Waals surface area contributed by atoms with E-state index in [4.69, 9.17) is 4.74 Å². The Balaban J connectivity index is 1.91. The summed E-state index contributed by atoms with van der Waals surface area (Å²) in [5, 5.41) is 0. The van der Waals surface area contributed by atoms with Gasteiger partial charge in [-0.15, -0.1) is 0 Å². The predicted octanol–water partition coefficient (Wildman–Crippen LogP) is 2.56. The van der Waals surface area contributed by atoms with Crippen LogP contribution in [0, 0.1) is 6.92 Å². The number of ether oxygens (including phenoxy) is 1. The first kappa shape index (κ1) is 8.06. The Morgan fingerprint density at radius 2 is 2.00 bits per heavy atom. The molecule has 1 fully saturated rings. The molecule has 0 amide bonds. The maximum Gasteiger partial charge on any atom is 0.0575 e. The lowest BCUT2D eigenvalue weighted by molar-refractivity contribution is 0.0572. The minimum absolute atomic E-state index is 0.589. The zero-order chi connectivity index (χ0) is 7.23. The van der Waals surface area contributed by atoms with Crippen molar-refractivity contribution in [2.45, 2.75) is 44.6 Å². The fourth-order valence-electron chi connectivity index (χ4n) is 1.41. The highest BCUT2D eigenvalue weighted by molar-refractivity contribution is 4.66. The lowest BCUT2D eigenvalue weighted by Gasteiger charge is -2.09. The molecule has 1 heteroatoms. The van der Waals surface area contributed by atoms with Crippen LogP contribution < -0.4 is 0 Å². The molecule has 1 aliphatic rings. The predicted molar refractivity (Wildman–Crippen MR) is 42.8 cm³/mol. The quantitative estimate of drug-likeness (QED) is 0.547. The van der Waals surface area contributed by atoms with E-state index in [0.29, 0.717) is 6.10 Å². The standard InChI is InChI=1S/C9H17O/c1-2-3-8-10-9-6-4-5-7-9/h9H,1-8H2. The van der Waals surface area contributed by atoms with Crippen LogP contribution in [0.25, 0.3) is 0 Å². The molecule has 1 radical (unpaired) electrons. The van der Waals surface area contributed by atoms with Gasteiger partial charge in [-0.1, -0.05) is 26.2 Å². The van der Waals surface area contributed by atoms with Crippen LogP contribution in [0.15, 0.2) is 0 Å². The van der Waals surface area contributed by atoms with Crippen LogP contribution in [0.1, 0.15) is 38.5 Å². The molecule has 1 nitrogen and oxygen atoms in total. The molecule has 0 N–H and O–H groups in total. The van der Waals surface area contributed by atoms with Gasteiger partial charge in [0.15, 0.2) is 0 Å². The SMILES string of the molecule is [CH2]CCCOC1CCCC1. The molecule has 59 valence electrons. The minimum Gasteiger partial charge on any atom is -0.378 e. The molecule has 0 aromatic heterocycles. The van der Waals surface area contributed by atoms with Crippen LogP contribution in [0.2, 0.25) is 0 Å². The second kappa shape index (κ2) is 4.73. The van der Waals surface area contributed by atoms with Gasteiger partial charge in [-0.3, -0.25) is 0 Å². The molecule has 0 aromatic rings. The summed E-state index contributed by atoms with van der Waals surface area (Å²) < 4.78 is 5.60. The van der Waals surface area contributed by atoms with Crippen LogP contribution in [0.5, 0.6) is 0 Å². The van der Waals surface area contributed by atoms with Gasteiger partial charge in [-0.2, -0.15) is 0 Å². The summed E-state index contributed by atoms with van der Waals surface area (Å²) in [7, 11) is 0. The zero-order valence-corrected chi connectivity index (χ0v) is 6.64. The van der Waals surface area contributed by atoms with Gasteiger partial charge in [0.2, 0.25) is 0 Å². The van der Waals surface area contributed by atoms with E-state index in [1.54, 1.807) is 0 Å². The van der Waals surface area contributed by atoms with E-state index in [9.17, 15) is 0 Å². The van der Waals surface area contributed by atoms with Gasteiger partial charge in [0, 0.05) is 6.61 Å². The first-order valence-corrected chi connectivity index (χ1v) is 4.34. The van der Waals surface area contributed by atoms with E-state index in [1.807, 2.05) is 0 Å². The summed E-state index contributed by atoms with van der Waals surface area (Å²) in [6.07, 6.45) is 8.04. The van der Waals surface area contributed by atoms with Crippen LogP contribution in [0.4, 0.5) is 0 Å². The van der Waals surface area contributed by atoms with Crippen molar-refractivity contribution < 1.29 is 4.74 Å². The maximum atomic E-state index is 5.60. The van der Waals surface area contributed by atoms with E-state index in [0.717, 1.165) is 19.4 Å². The second-order valence-corrected chi connectivity index (χ2v) is 2.98. The fraction of sp³-hybridized carbons (Fsp3) is 0.889. The summed E-state index contributed by atoms with van der Waals surface area (Å²) in [4.78, 5) is 0. The highest BCUT2D eigenvalue weighted by Gasteiger charge is 2.14. The third-order valence-electron chi connectivity index (χ3n) is 2.05. The molecule has 0 heterocycles. The maximum absolute atomic E-state index is 5.60. The average Bonchev–Trinajstić information content (AvgIpc) is 2.41. The smallest absolute Gasteiger partial charge is 0.0575 e. The van der Waals surface area contributed by atoms with Gasteiger partial charge in [-0.05, 0) is 19.3 Å². The van der Waals surface area contributed by atoms with Crippen molar-refractivity contribution in [2.75, 3.05) is 6.61 Å². The number of hydrogen-bond acceptors (Lipinski definition) is 1. The van der Waals surface area contributed by atoms with Crippen molar-refractivity contribution >= 4 is 0 Å². The molecule has 0 aromatic carbocycles.